The molecule has 1 heterocycles. The van der Waals surface area contributed by atoms with Crippen molar-refractivity contribution in [3.63, 3.8) is 0 Å². The molecule has 1 aromatic heterocycles. The topological polar surface area (TPSA) is 22.0 Å². The summed E-state index contributed by atoms with van der Waals surface area (Å²) in [4.78, 5) is 10.7. The monoisotopic (exact) mass is 197 g/mol. The Morgan fingerprint density at radius 2 is 2.27 bits per heavy atom. The minimum atomic E-state index is 0.669. The number of benzene rings is 1. The van der Waals surface area contributed by atoms with Gasteiger partial charge in [-0.2, -0.15) is 0 Å². The van der Waals surface area contributed by atoms with Crippen LogP contribution in [-0.2, 0) is 6.54 Å². The molecule has 0 atom stereocenters. The van der Waals surface area contributed by atoms with E-state index in [1.54, 1.807) is 0 Å². The largest absolute Gasteiger partial charge is 0.336 e. The summed E-state index contributed by atoms with van der Waals surface area (Å²) >= 11 is 0. The zero-order chi connectivity index (χ0) is 10.7. The molecule has 0 saturated heterocycles. The molecule has 0 saturated carbocycles. The second-order valence-electron chi connectivity index (χ2n) is 3.31. The highest BCUT2D eigenvalue weighted by Crippen LogP contribution is 2.16. The number of carbonyl (C=O) groups is 1. The summed E-state index contributed by atoms with van der Waals surface area (Å²) in [5.74, 6) is 5.86. The van der Waals surface area contributed by atoms with E-state index in [2.05, 4.69) is 11.8 Å². The normalized spacial score (nSPS) is 9.67. The van der Waals surface area contributed by atoms with E-state index >= 15 is 0 Å². The molecule has 0 unspecified atom stereocenters. The Balaban J connectivity index is 2.54. The average molecular weight is 197 g/mol. The van der Waals surface area contributed by atoms with E-state index in [9.17, 15) is 4.79 Å². The number of aromatic nitrogens is 1. The maximum absolute atomic E-state index is 10.7. The van der Waals surface area contributed by atoms with Gasteiger partial charge in [-0.05, 0) is 24.4 Å². The molecule has 0 spiro atoms. The first-order valence-corrected chi connectivity index (χ1v) is 4.79. The van der Waals surface area contributed by atoms with Crippen molar-refractivity contribution in [2.75, 3.05) is 0 Å². The fourth-order valence-electron chi connectivity index (χ4n) is 1.58. The van der Waals surface area contributed by atoms with E-state index in [1.807, 2.05) is 42.0 Å². The zero-order valence-electron chi connectivity index (χ0n) is 8.53. The molecule has 2 nitrogen and oxygen atoms in total. The molecular formula is C13H11NO. The average Bonchev–Trinajstić information content (AvgIpc) is 2.68. The maximum Gasteiger partial charge on any atom is 0.150 e. The van der Waals surface area contributed by atoms with Crippen molar-refractivity contribution < 1.29 is 4.79 Å². The van der Waals surface area contributed by atoms with Gasteiger partial charge in [-0.15, -0.1) is 5.92 Å². The summed E-state index contributed by atoms with van der Waals surface area (Å²) in [6.07, 6.45) is 2.85. The van der Waals surface area contributed by atoms with Crippen molar-refractivity contribution in [3.8, 4) is 11.8 Å². The molecule has 0 aliphatic carbocycles. The van der Waals surface area contributed by atoms with Crippen LogP contribution in [0, 0.1) is 11.8 Å². The Hall–Kier alpha value is -2.01. The Kier molecular flexibility index (Phi) is 2.55. The number of nitrogens with zero attached hydrogens (tertiary/aromatic N) is 1. The summed E-state index contributed by atoms with van der Waals surface area (Å²) in [6.45, 7) is 2.49. The molecule has 0 N–H and O–H groups in total. The predicted molar refractivity (Wildman–Crippen MR) is 60.8 cm³/mol. The fourth-order valence-corrected chi connectivity index (χ4v) is 1.58. The first kappa shape index (κ1) is 9.54. The van der Waals surface area contributed by atoms with Gasteiger partial charge in [0.2, 0.25) is 0 Å². The number of hydrogen-bond donors (Lipinski definition) is 0. The number of aldehydes is 1. The molecule has 2 rings (SSSR count). The quantitative estimate of drug-likeness (QED) is 0.535. The summed E-state index contributed by atoms with van der Waals surface area (Å²) in [5, 5.41) is 1.14. The Labute approximate surface area is 88.5 Å². The van der Waals surface area contributed by atoms with Gasteiger partial charge in [0.1, 0.15) is 6.29 Å². The molecule has 0 fully saturated rings. The molecule has 2 heteroatoms. The fraction of sp³-hybridized carbons (Fsp3) is 0.154. The van der Waals surface area contributed by atoms with Gasteiger partial charge >= 0.3 is 0 Å². The smallest absolute Gasteiger partial charge is 0.150 e. The van der Waals surface area contributed by atoms with Gasteiger partial charge in [0.25, 0.3) is 0 Å². The van der Waals surface area contributed by atoms with Crippen LogP contribution in [0.2, 0.25) is 0 Å². The highest BCUT2D eigenvalue weighted by molar-refractivity contribution is 5.87. The summed E-state index contributed by atoms with van der Waals surface area (Å²) in [7, 11) is 0. The van der Waals surface area contributed by atoms with E-state index in [-0.39, 0.29) is 0 Å². The molecule has 15 heavy (non-hydrogen) atoms. The van der Waals surface area contributed by atoms with Crippen LogP contribution >= 0.6 is 0 Å². The van der Waals surface area contributed by atoms with Gasteiger partial charge in [-0.3, -0.25) is 4.79 Å². The van der Waals surface area contributed by atoms with Crippen LogP contribution in [0.1, 0.15) is 17.3 Å². The molecule has 0 aliphatic heterocycles. The van der Waals surface area contributed by atoms with E-state index < -0.39 is 0 Å². The van der Waals surface area contributed by atoms with Gasteiger partial charge in [0.15, 0.2) is 0 Å². The third kappa shape index (κ3) is 1.77. The summed E-state index contributed by atoms with van der Waals surface area (Å²) in [6, 6.07) is 7.70. The van der Waals surface area contributed by atoms with Crippen LogP contribution in [0.4, 0.5) is 0 Å². The number of fused-ring (bicyclic) bond motifs is 1. The standard InChI is InChI=1S/C13H11NO/c1-2-3-7-14-8-6-12-5-4-11(10-15)9-13(12)14/h4-6,8-10H,7H2,1H3. The third-order valence-electron chi connectivity index (χ3n) is 2.36. The zero-order valence-corrected chi connectivity index (χ0v) is 8.53. The molecule has 0 amide bonds. The third-order valence-corrected chi connectivity index (χ3v) is 2.36. The van der Waals surface area contributed by atoms with E-state index in [1.165, 1.54) is 0 Å². The lowest BCUT2D eigenvalue weighted by molar-refractivity contribution is 0.112. The predicted octanol–water partition coefficient (Wildman–Crippen LogP) is 2.48. The van der Waals surface area contributed by atoms with Gasteiger partial charge in [-0.1, -0.05) is 18.1 Å². The lowest BCUT2D eigenvalue weighted by Crippen LogP contribution is -1.93. The van der Waals surface area contributed by atoms with Crippen molar-refractivity contribution in [1.82, 2.24) is 4.57 Å². The summed E-state index contributed by atoms with van der Waals surface area (Å²) < 4.78 is 2.04. The number of rotatable bonds is 2. The number of carbonyl (C=O) groups excluding carboxylic acids is 1. The lowest BCUT2D eigenvalue weighted by Gasteiger charge is -2.00. The highest BCUT2D eigenvalue weighted by atomic mass is 16.1. The van der Waals surface area contributed by atoms with Crippen molar-refractivity contribution >= 4 is 17.2 Å². The second kappa shape index (κ2) is 4.02. The molecule has 0 radical (unpaired) electrons. The molecule has 2 aromatic rings. The number of hydrogen-bond acceptors (Lipinski definition) is 1. The van der Waals surface area contributed by atoms with Crippen LogP contribution < -0.4 is 0 Å². The Bertz CT molecular complexity index is 555. The lowest BCUT2D eigenvalue weighted by atomic mass is 10.2. The Morgan fingerprint density at radius 1 is 1.40 bits per heavy atom. The van der Waals surface area contributed by atoms with Gasteiger partial charge in [-0.25, -0.2) is 0 Å². The highest BCUT2D eigenvalue weighted by Gasteiger charge is 2.00. The maximum atomic E-state index is 10.7. The summed E-state index contributed by atoms with van der Waals surface area (Å²) in [5.41, 5.74) is 1.76. The van der Waals surface area contributed by atoms with Crippen LogP contribution in [0.25, 0.3) is 10.9 Å². The van der Waals surface area contributed by atoms with E-state index in [0.717, 1.165) is 17.2 Å². The van der Waals surface area contributed by atoms with Crippen molar-refractivity contribution in [2.45, 2.75) is 13.5 Å². The minimum absolute atomic E-state index is 0.669. The van der Waals surface area contributed by atoms with E-state index in [0.29, 0.717) is 12.1 Å². The van der Waals surface area contributed by atoms with Crippen LogP contribution in [0.5, 0.6) is 0 Å². The first-order chi connectivity index (χ1) is 7.35. The van der Waals surface area contributed by atoms with E-state index in [4.69, 9.17) is 0 Å². The van der Waals surface area contributed by atoms with Crippen molar-refractivity contribution in [3.05, 3.63) is 36.0 Å². The molecule has 74 valence electrons. The molecule has 0 aliphatic rings. The molecule has 0 bridgehead atoms. The van der Waals surface area contributed by atoms with Crippen LogP contribution in [-0.4, -0.2) is 10.9 Å². The van der Waals surface area contributed by atoms with Gasteiger partial charge in [0.05, 0.1) is 6.54 Å². The van der Waals surface area contributed by atoms with Crippen LogP contribution in [0.3, 0.4) is 0 Å². The van der Waals surface area contributed by atoms with Crippen LogP contribution in [0.15, 0.2) is 30.5 Å². The second-order valence-corrected chi connectivity index (χ2v) is 3.31. The van der Waals surface area contributed by atoms with Gasteiger partial charge in [0, 0.05) is 17.3 Å². The van der Waals surface area contributed by atoms with Gasteiger partial charge < -0.3 is 4.57 Å². The SMILES string of the molecule is CC#CCn1ccc2ccc(C=O)cc21. The first-order valence-electron chi connectivity index (χ1n) is 4.79. The minimum Gasteiger partial charge on any atom is -0.336 e. The Morgan fingerprint density at radius 3 is 3.00 bits per heavy atom. The molecular weight excluding hydrogens is 186 g/mol. The molecule has 1 aromatic carbocycles. The van der Waals surface area contributed by atoms with Crippen molar-refractivity contribution in [1.29, 1.82) is 0 Å². The van der Waals surface area contributed by atoms with Crippen molar-refractivity contribution in [2.24, 2.45) is 0 Å².